The number of imidazole rings is 1. The second kappa shape index (κ2) is 11.7. The van der Waals surface area contributed by atoms with Gasteiger partial charge >= 0.3 is 5.97 Å². The number of carboxylic acid groups (broad SMARTS) is 1. The minimum Gasteiger partial charge on any atom is -0.487 e. The van der Waals surface area contributed by atoms with E-state index >= 15 is 0 Å². The molecule has 2 aromatic carbocycles. The van der Waals surface area contributed by atoms with E-state index in [1.807, 2.05) is 43.5 Å². The van der Waals surface area contributed by atoms with Crippen LogP contribution in [0.25, 0.3) is 11.0 Å². The van der Waals surface area contributed by atoms with Crippen LogP contribution in [0, 0.1) is 12.8 Å². The van der Waals surface area contributed by atoms with E-state index in [1.165, 1.54) is 30.5 Å². The third-order valence-corrected chi connectivity index (χ3v) is 8.52. The molecule has 1 saturated carbocycles. The van der Waals surface area contributed by atoms with E-state index in [0.717, 1.165) is 66.2 Å². The number of hydrogen-bond acceptors (Lipinski definition) is 5. The molecule has 6 rings (SSSR count). The van der Waals surface area contributed by atoms with E-state index < -0.39 is 11.9 Å². The number of benzene rings is 2. The first-order valence-corrected chi connectivity index (χ1v) is 14.7. The van der Waals surface area contributed by atoms with Crippen molar-refractivity contribution in [2.24, 2.45) is 5.92 Å². The van der Waals surface area contributed by atoms with Gasteiger partial charge in [-0.1, -0.05) is 31.0 Å². The highest BCUT2D eigenvalue weighted by Crippen LogP contribution is 2.39. The number of pyridine rings is 1. The Morgan fingerprint density at radius 2 is 1.77 bits per heavy atom. The monoisotopic (exact) mass is 538 g/mol. The quantitative estimate of drug-likeness (QED) is 0.268. The average molecular weight is 539 g/mol. The Kier molecular flexibility index (Phi) is 7.71. The highest BCUT2D eigenvalue weighted by atomic mass is 16.5. The molecule has 7 nitrogen and oxygen atoms in total. The van der Waals surface area contributed by atoms with Gasteiger partial charge in [0, 0.05) is 43.5 Å². The molecule has 1 aliphatic heterocycles. The first kappa shape index (κ1) is 26.4. The second-order valence-electron chi connectivity index (χ2n) is 11.4. The number of ether oxygens (including phenoxy) is 1. The number of nitrogens with zero attached hydrogens (tertiary/aromatic N) is 4. The van der Waals surface area contributed by atoms with Gasteiger partial charge in [0.25, 0.3) is 0 Å². The lowest BCUT2D eigenvalue weighted by atomic mass is 9.78. The highest BCUT2D eigenvalue weighted by Gasteiger charge is 2.35. The number of aromatic nitrogens is 3. The Labute approximate surface area is 235 Å². The van der Waals surface area contributed by atoms with Crippen molar-refractivity contribution in [1.82, 2.24) is 14.5 Å². The van der Waals surface area contributed by atoms with Gasteiger partial charge in [-0.05, 0) is 80.5 Å². The summed E-state index contributed by atoms with van der Waals surface area (Å²) in [5.41, 5.74) is 6.29. The van der Waals surface area contributed by atoms with Gasteiger partial charge in [-0.25, -0.2) is 4.98 Å². The van der Waals surface area contributed by atoms with Crippen molar-refractivity contribution in [3.05, 3.63) is 83.4 Å². The molecule has 1 saturated heterocycles. The van der Waals surface area contributed by atoms with Crippen molar-refractivity contribution in [2.45, 2.75) is 70.9 Å². The Morgan fingerprint density at radius 1 is 0.975 bits per heavy atom. The van der Waals surface area contributed by atoms with Crippen LogP contribution in [-0.4, -0.2) is 38.7 Å². The zero-order valence-electron chi connectivity index (χ0n) is 23.3. The molecule has 40 heavy (non-hydrogen) atoms. The smallest absolute Gasteiger partial charge is 0.307 e. The van der Waals surface area contributed by atoms with E-state index in [2.05, 4.69) is 38.7 Å². The molecule has 0 amide bonds. The molecule has 2 aliphatic rings. The summed E-state index contributed by atoms with van der Waals surface area (Å²) >= 11 is 0. The molecule has 0 unspecified atom stereocenters. The predicted molar refractivity (Wildman–Crippen MR) is 157 cm³/mol. The predicted octanol–water partition coefficient (Wildman–Crippen LogP) is 6.72. The van der Waals surface area contributed by atoms with Gasteiger partial charge in [-0.3, -0.25) is 9.78 Å². The van der Waals surface area contributed by atoms with Crippen molar-refractivity contribution >= 4 is 22.7 Å². The number of aryl methyl sites for hydroxylation is 1. The number of anilines is 1. The van der Waals surface area contributed by atoms with Crippen molar-refractivity contribution in [2.75, 3.05) is 18.0 Å². The Morgan fingerprint density at radius 3 is 2.52 bits per heavy atom. The summed E-state index contributed by atoms with van der Waals surface area (Å²) in [6, 6.07) is 18.9. The summed E-state index contributed by atoms with van der Waals surface area (Å²) in [5, 5.41) is 10.1. The van der Waals surface area contributed by atoms with E-state index in [0.29, 0.717) is 19.6 Å². The van der Waals surface area contributed by atoms with Crippen LogP contribution in [-0.2, 0) is 17.9 Å². The second-order valence-corrected chi connectivity index (χ2v) is 11.4. The van der Waals surface area contributed by atoms with Gasteiger partial charge in [-0.15, -0.1) is 0 Å². The van der Waals surface area contributed by atoms with Crippen LogP contribution in [0.3, 0.4) is 0 Å². The van der Waals surface area contributed by atoms with E-state index in [4.69, 9.17) is 9.72 Å². The maximum atomic E-state index is 12.2. The minimum absolute atomic E-state index is 0.104. The molecule has 2 atom stereocenters. The Balaban J connectivity index is 1.33. The van der Waals surface area contributed by atoms with Crippen LogP contribution in [0.2, 0.25) is 0 Å². The van der Waals surface area contributed by atoms with Crippen molar-refractivity contribution in [1.29, 1.82) is 0 Å². The van der Waals surface area contributed by atoms with E-state index in [9.17, 15) is 9.90 Å². The lowest BCUT2D eigenvalue weighted by molar-refractivity contribution is -0.143. The molecule has 4 aromatic rings. The van der Waals surface area contributed by atoms with E-state index in [-0.39, 0.29) is 5.92 Å². The standard InChI is InChI=1S/C33H38N4O3/c1-23-9-12-25(34-20-23)22-40-27-15-16-30-31(19-27)37(32(35-30)28-7-3-4-8-29(28)33(38)39)21-24-10-13-26(14-11-24)36-17-5-2-6-18-36/h9-16,19-20,28-29H,2-8,17-18,21-22H2,1H3,(H,38,39)/t28-,29+/m0/s1. The Bertz CT molecular complexity index is 1460. The number of carbonyl (C=O) groups is 1. The summed E-state index contributed by atoms with van der Waals surface area (Å²) in [6.07, 6.45) is 9.20. The van der Waals surface area contributed by atoms with Gasteiger partial charge in [0.2, 0.25) is 0 Å². The van der Waals surface area contributed by atoms with Crippen LogP contribution in [0.15, 0.2) is 60.8 Å². The molecule has 3 heterocycles. The Hall–Kier alpha value is -3.87. The van der Waals surface area contributed by atoms with Gasteiger partial charge in [0.05, 0.1) is 22.6 Å². The number of fused-ring (bicyclic) bond motifs is 1. The molecule has 1 N–H and O–H groups in total. The van der Waals surface area contributed by atoms with Crippen molar-refractivity contribution < 1.29 is 14.6 Å². The molecule has 2 aromatic heterocycles. The van der Waals surface area contributed by atoms with Gasteiger partial charge in [0.15, 0.2) is 0 Å². The molecule has 1 aliphatic carbocycles. The van der Waals surface area contributed by atoms with Crippen LogP contribution >= 0.6 is 0 Å². The fourth-order valence-electron chi connectivity index (χ4n) is 6.28. The maximum absolute atomic E-state index is 12.2. The largest absolute Gasteiger partial charge is 0.487 e. The third-order valence-electron chi connectivity index (χ3n) is 8.52. The van der Waals surface area contributed by atoms with Gasteiger partial charge < -0.3 is 19.3 Å². The average Bonchev–Trinajstić information content (AvgIpc) is 3.35. The lowest BCUT2D eigenvalue weighted by Crippen LogP contribution is -2.29. The number of aliphatic carboxylic acids is 1. The van der Waals surface area contributed by atoms with Crippen LogP contribution in [0.5, 0.6) is 5.75 Å². The molecule has 0 radical (unpaired) electrons. The first-order valence-electron chi connectivity index (χ1n) is 14.7. The number of rotatable bonds is 8. The molecule has 7 heteroatoms. The van der Waals surface area contributed by atoms with Crippen molar-refractivity contribution in [3.63, 3.8) is 0 Å². The summed E-state index contributed by atoms with van der Waals surface area (Å²) in [5.74, 6) is 0.395. The summed E-state index contributed by atoms with van der Waals surface area (Å²) < 4.78 is 8.37. The molecule has 0 bridgehead atoms. The topological polar surface area (TPSA) is 80.5 Å². The fraction of sp³-hybridized carbons (Fsp3) is 0.424. The van der Waals surface area contributed by atoms with Gasteiger partial charge in [0.1, 0.15) is 18.2 Å². The summed E-state index contributed by atoms with van der Waals surface area (Å²) in [4.78, 5) is 24.2. The lowest BCUT2D eigenvalue weighted by Gasteiger charge is -2.29. The molecule has 0 spiro atoms. The SMILES string of the molecule is Cc1ccc(COc2ccc3nc([C@H]4CCCC[C@H]4C(=O)O)n(Cc4ccc(N5CCCCC5)cc4)c3c2)nc1. The van der Waals surface area contributed by atoms with E-state index in [1.54, 1.807) is 0 Å². The normalized spacial score (nSPS) is 19.6. The fourth-order valence-corrected chi connectivity index (χ4v) is 6.28. The molecular formula is C33H38N4O3. The molecular weight excluding hydrogens is 500 g/mol. The summed E-state index contributed by atoms with van der Waals surface area (Å²) in [6.45, 7) is 5.28. The highest BCUT2D eigenvalue weighted by molar-refractivity contribution is 5.79. The van der Waals surface area contributed by atoms with Crippen LogP contribution in [0.4, 0.5) is 5.69 Å². The number of hydrogen-bond donors (Lipinski definition) is 1. The van der Waals surface area contributed by atoms with Gasteiger partial charge in [-0.2, -0.15) is 0 Å². The van der Waals surface area contributed by atoms with Crippen molar-refractivity contribution in [3.8, 4) is 5.75 Å². The minimum atomic E-state index is -0.719. The summed E-state index contributed by atoms with van der Waals surface area (Å²) in [7, 11) is 0. The molecule has 2 fully saturated rings. The van der Waals surface area contributed by atoms with Crippen LogP contribution in [0.1, 0.15) is 73.5 Å². The number of piperidine rings is 1. The first-order chi connectivity index (χ1) is 19.5. The van der Waals surface area contributed by atoms with Crippen LogP contribution < -0.4 is 9.64 Å². The third kappa shape index (κ3) is 5.69. The molecule has 208 valence electrons. The number of carboxylic acids is 1. The maximum Gasteiger partial charge on any atom is 0.307 e. The zero-order valence-corrected chi connectivity index (χ0v) is 23.3. The zero-order chi connectivity index (χ0) is 27.5.